The third-order valence-corrected chi connectivity index (χ3v) is 1.60. The van der Waals surface area contributed by atoms with E-state index in [1.807, 2.05) is 6.92 Å². The quantitative estimate of drug-likeness (QED) is 0.806. The number of nitrogens with zero attached hydrogens (tertiary/aromatic N) is 2. The van der Waals surface area contributed by atoms with Crippen LogP contribution in [0.15, 0.2) is 29.1 Å². The molecule has 1 aromatic heterocycles. The fourth-order valence-electron chi connectivity index (χ4n) is 0.645. The van der Waals surface area contributed by atoms with Gasteiger partial charge in [0.05, 0.1) is 12.4 Å². The van der Waals surface area contributed by atoms with E-state index in [2.05, 4.69) is 37.8 Å². The van der Waals surface area contributed by atoms with Gasteiger partial charge in [-0.05, 0) is 22.9 Å². The molecule has 0 unspecified atom stereocenters. The van der Waals surface area contributed by atoms with Crippen molar-refractivity contribution in [2.75, 3.05) is 11.9 Å². The highest BCUT2D eigenvalue weighted by molar-refractivity contribution is 9.10. The Labute approximate surface area is 80.1 Å². The average molecular weight is 228 g/mol. The molecule has 12 heavy (non-hydrogen) atoms. The maximum absolute atomic E-state index is 4.09. The van der Waals surface area contributed by atoms with Crippen molar-refractivity contribution in [2.24, 2.45) is 0 Å². The van der Waals surface area contributed by atoms with Gasteiger partial charge in [0, 0.05) is 6.54 Å². The van der Waals surface area contributed by atoms with Crippen molar-refractivity contribution in [2.45, 2.75) is 6.92 Å². The predicted octanol–water partition coefficient (Wildman–Crippen LogP) is 2.23. The summed E-state index contributed by atoms with van der Waals surface area (Å²) in [6, 6.07) is 0. The van der Waals surface area contributed by atoms with E-state index in [-0.39, 0.29) is 0 Å². The molecule has 64 valence electrons. The van der Waals surface area contributed by atoms with Crippen molar-refractivity contribution >= 4 is 21.7 Å². The summed E-state index contributed by atoms with van der Waals surface area (Å²) in [7, 11) is 0. The SMILES string of the molecule is C=C(C)CNc1cnc(Br)cn1. The van der Waals surface area contributed by atoms with Crippen LogP contribution in [-0.4, -0.2) is 16.5 Å². The highest BCUT2D eigenvalue weighted by Gasteiger charge is 1.93. The van der Waals surface area contributed by atoms with Gasteiger partial charge in [0.15, 0.2) is 0 Å². The molecule has 0 atom stereocenters. The van der Waals surface area contributed by atoms with Crippen LogP contribution in [0, 0.1) is 0 Å². The van der Waals surface area contributed by atoms with E-state index < -0.39 is 0 Å². The number of hydrogen-bond acceptors (Lipinski definition) is 3. The fourth-order valence-corrected chi connectivity index (χ4v) is 0.850. The third-order valence-electron chi connectivity index (χ3n) is 1.19. The molecule has 0 spiro atoms. The highest BCUT2D eigenvalue weighted by atomic mass is 79.9. The van der Waals surface area contributed by atoms with Gasteiger partial charge < -0.3 is 5.32 Å². The predicted molar refractivity (Wildman–Crippen MR) is 53.0 cm³/mol. The minimum absolute atomic E-state index is 0.732. The lowest BCUT2D eigenvalue weighted by atomic mass is 10.3. The van der Waals surface area contributed by atoms with E-state index in [0.29, 0.717) is 0 Å². The molecule has 0 saturated carbocycles. The normalized spacial score (nSPS) is 9.50. The van der Waals surface area contributed by atoms with E-state index in [1.165, 1.54) is 0 Å². The van der Waals surface area contributed by atoms with Crippen LogP contribution in [0.1, 0.15) is 6.92 Å². The Balaban J connectivity index is 2.53. The third kappa shape index (κ3) is 3.00. The largest absolute Gasteiger partial charge is 0.365 e. The summed E-state index contributed by atoms with van der Waals surface area (Å²) in [5, 5.41) is 3.08. The van der Waals surface area contributed by atoms with Gasteiger partial charge in [-0.15, -0.1) is 0 Å². The molecule has 3 nitrogen and oxygen atoms in total. The molecular weight excluding hydrogens is 218 g/mol. The van der Waals surface area contributed by atoms with Crippen LogP contribution >= 0.6 is 15.9 Å². The number of rotatable bonds is 3. The Morgan fingerprint density at radius 3 is 2.83 bits per heavy atom. The molecule has 0 aliphatic heterocycles. The topological polar surface area (TPSA) is 37.8 Å². The highest BCUT2D eigenvalue weighted by Crippen LogP contribution is 2.06. The van der Waals surface area contributed by atoms with Gasteiger partial charge >= 0.3 is 0 Å². The van der Waals surface area contributed by atoms with Crippen LogP contribution in [0.25, 0.3) is 0 Å². The molecule has 1 rings (SSSR count). The summed E-state index contributed by atoms with van der Waals surface area (Å²) in [6.45, 7) is 6.46. The molecule has 0 aromatic carbocycles. The molecule has 1 aromatic rings. The van der Waals surface area contributed by atoms with Crippen molar-refractivity contribution in [3.63, 3.8) is 0 Å². The molecule has 0 aliphatic carbocycles. The van der Waals surface area contributed by atoms with Gasteiger partial charge in [0.2, 0.25) is 0 Å². The standard InChI is InChI=1S/C8H10BrN3/c1-6(2)3-11-8-5-10-7(9)4-12-8/h4-5H,1,3H2,2H3,(H,11,12). The second-order valence-corrected chi connectivity index (χ2v) is 3.35. The van der Waals surface area contributed by atoms with Crippen LogP contribution in [-0.2, 0) is 0 Å². The van der Waals surface area contributed by atoms with Crippen molar-refractivity contribution in [1.29, 1.82) is 0 Å². The number of hydrogen-bond donors (Lipinski definition) is 1. The Morgan fingerprint density at radius 2 is 2.33 bits per heavy atom. The summed E-state index contributed by atoms with van der Waals surface area (Å²) < 4.78 is 0.739. The number of anilines is 1. The number of halogens is 1. The monoisotopic (exact) mass is 227 g/mol. The molecule has 4 heteroatoms. The average Bonchev–Trinajstić information content (AvgIpc) is 2.03. The van der Waals surface area contributed by atoms with Crippen molar-refractivity contribution in [3.05, 3.63) is 29.1 Å². The summed E-state index contributed by atoms with van der Waals surface area (Å²) in [6.07, 6.45) is 3.33. The molecule has 1 N–H and O–H groups in total. The smallest absolute Gasteiger partial charge is 0.144 e. The molecule has 1 heterocycles. The van der Waals surface area contributed by atoms with E-state index in [9.17, 15) is 0 Å². The van der Waals surface area contributed by atoms with E-state index in [1.54, 1.807) is 12.4 Å². The zero-order valence-electron chi connectivity index (χ0n) is 6.84. The zero-order valence-corrected chi connectivity index (χ0v) is 8.43. The second-order valence-electron chi connectivity index (χ2n) is 2.54. The lowest BCUT2D eigenvalue weighted by molar-refractivity contribution is 1.11. The first-order chi connectivity index (χ1) is 5.68. The Hall–Kier alpha value is -0.900. The van der Waals surface area contributed by atoms with Crippen LogP contribution < -0.4 is 5.32 Å². The first kappa shape index (κ1) is 9.19. The summed E-state index contributed by atoms with van der Waals surface area (Å²) >= 11 is 3.21. The van der Waals surface area contributed by atoms with Crippen LogP contribution in [0.3, 0.4) is 0 Å². The fraction of sp³-hybridized carbons (Fsp3) is 0.250. The van der Waals surface area contributed by atoms with Crippen LogP contribution in [0.4, 0.5) is 5.82 Å². The van der Waals surface area contributed by atoms with Crippen LogP contribution in [0.2, 0.25) is 0 Å². The molecule has 0 fully saturated rings. The van der Waals surface area contributed by atoms with Crippen molar-refractivity contribution in [3.8, 4) is 0 Å². The molecule has 0 bridgehead atoms. The number of aromatic nitrogens is 2. The lowest BCUT2D eigenvalue weighted by Gasteiger charge is -2.03. The number of nitrogens with one attached hydrogen (secondary N) is 1. The van der Waals surface area contributed by atoms with Crippen LogP contribution in [0.5, 0.6) is 0 Å². The van der Waals surface area contributed by atoms with Gasteiger partial charge in [-0.25, -0.2) is 9.97 Å². The molecular formula is C8H10BrN3. The maximum Gasteiger partial charge on any atom is 0.144 e. The maximum atomic E-state index is 4.09. The van der Waals surface area contributed by atoms with Gasteiger partial charge in [0.1, 0.15) is 10.4 Å². The van der Waals surface area contributed by atoms with Gasteiger partial charge in [-0.2, -0.15) is 0 Å². The minimum Gasteiger partial charge on any atom is -0.365 e. The van der Waals surface area contributed by atoms with Gasteiger partial charge in [0.25, 0.3) is 0 Å². The molecule has 0 saturated heterocycles. The molecule has 0 aliphatic rings. The van der Waals surface area contributed by atoms with E-state index in [4.69, 9.17) is 0 Å². The van der Waals surface area contributed by atoms with Crippen molar-refractivity contribution in [1.82, 2.24) is 9.97 Å². The van der Waals surface area contributed by atoms with E-state index >= 15 is 0 Å². The van der Waals surface area contributed by atoms with Gasteiger partial charge in [-0.1, -0.05) is 12.2 Å². The second kappa shape index (κ2) is 4.21. The minimum atomic E-state index is 0.732. The Bertz CT molecular complexity index is 268. The summed E-state index contributed by atoms with van der Waals surface area (Å²) in [5.41, 5.74) is 1.07. The molecule has 0 amide bonds. The van der Waals surface area contributed by atoms with Gasteiger partial charge in [-0.3, -0.25) is 0 Å². The first-order valence-corrected chi connectivity index (χ1v) is 4.33. The Morgan fingerprint density at radius 1 is 1.58 bits per heavy atom. The summed E-state index contributed by atoms with van der Waals surface area (Å²) in [4.78, 5) is 8.11. The van der Waals surface area contributed by atoms with E-state index in [0.717, 1.165) is 22.5 Å². The van der Waals surface area contributed by atoms with Crippen molar-refractivity contribution < 1.29 is 0 Å². The first-order valence-electron chi connectivity index (χ1n) is 3.54. The summed E-state index contributed by atoms with van der Waals surface area (Å²) in [5.74, 6) is 0.765. The lowest BCUT2D eigenvalue weighted by Crippen LogP contribution is -2.03. The zero-order chi connectivity index (χ0) is 8.97. The Kier molecular flexibility index (Phi) is 3.22. The molecule has 0 radical (unpaired) electrons.